The van der Waals surface area contributed by atoms with Gasteiger partial charge in [-0.3, -0.25) is 9.36 Å². The fourth-order valence-electron chi connectivity index (χ4n) is 2.61. The molecule has 1 atom stereocenters. The Balaban J connectivity index is 1.86. The number of aromatic nitrogens is 4. The lowest BCUT2D eigenvalue weighted by molar-refractivity contribution is 0.0635. The van der Waals surface area contributed by atoms with Crippen molar-refractivity contribution < 1.29 is 4.79 Å². The summed E-state index contributed by atoms with van der Waals surface area (Å²) in [4.78, 5) is 18.9. The van der Waals surface area contributed by atoms with E-state index in [-0.39, 0.29) is 5.91 Å². The van der Waals surface area contributed by atoms with Crippen LogP contribution in [0.5, 0.6) is 0 Å². The maximum Gasteiger partial charge on any atom is 0.255 e. The summed E-state index contributed by atoms with van der Waals surface area (Å²) in [5.74, 6) is 0.717. The van der Waals surface area contributed by atoms with Gasteiger partial charge in [-0.05, 0) is 48.2 Å². The number of rotatable bonds is 2. The summed E-state index contributed by atoms with van der Waals surface area (Å²) in [5.41, 5.74) is 0.604. The molecule has 1 fully saturated rings. The molecule has 2 aromatic heterocycles. The Morgan fingerprint density at radius 3 is 2.76 bits per heavy atom. The molecule has 0 spiro atoms. The van der Waals surface area contributed by atoms with E-state index in [2.05, 4.69) is 38.0 Å². The number of carbonyl (C=O) groups excluding carboxylic acids is 1. The van der Waals surface area contributed by atoms with E-state index in [1.54, 1.807) is 23.4 Å². The molecule has 3 rings (SSSR count). The zero-order chi connectivity index (χ0) is 14.8. The van der Waals surface area contributed by atoms with Crippen molar-refractivity contribution in [2.75, 3.05) is 6.54 Å². The Labute approximate surface area is 131 Å². The lowest BCUT2D eigenvalue weighted by Gasteiger charge is -2.33. The number of hydrogen-bond acceptors (Lipinski definition) is 4. The quantitative estimate of drug-likeness (QED) is 0.835. The van der Waals surface area contributed by atoms with Crippen molar-refractivity contribution >= 4 is 21.8 Å². The molecule has 21 heavy (non-hydrogen) atoms. The first kappa shape index (κ1) is 14.2. The molecule has 0 bridgehead atoms. The van der Waals surface area contributed by atoms with Crippen LogP contribution in [0.3, 0.4) is 0 Å². The standard InChI is InChI=1S/C14H16BrN5O/c1-10-4-2-3-5-20(10)14(21)11-6-12(15)13(16-7-11)19-8-17-18-9-19/h6-10H,2-5H2,1H3. The van der Waals surface area contributed by atoms with Gasteiger partial charge in [-0.2, -0.15) is 0 Å². The normalized spacial score (nSPS) is 18.8. The second kappa shape index (κ2) is 5.93. The molecule has 0 saturated carbocycles. The third-order valence-electron chi connectivity index (χ3n) is 3.80. The molecule has 1 amide bonds. The molecule has 1 saturated heterocycles. The number of pyridine rings is 1. The van der Waals surface area contributed by atoms with Gasteiger partial charge in [0.05, 0.1) is 10.0 Å². The first-order valence-electron chi connectivity index (χ1n) is 6.98. The molecule has 0 aromatic carbocycles. The highest BCUT2D eigenvalue weighted by molar-refractivity contribution is 9.10. The van der Waals surface area contributed by atoms with E-state index in [1.807, 2.05) is 11.0 Å². The topological polar surface area (TPSA) is 63.9 Å². The van der Waals surface area contributed by atoms with E-state index in [1.165, 1.54) is 6.42 Å². The molecule has 0 N–H and O–H groups in total. The fourth-order valence-corrected chi connectivity index (χ4v) is 3.17. The zero-order valence-electron chi connectivity index (χ0n) is 11.7. The van der Waals surface area contributed by atoms with Crippen LogP contribution in [-0.4, -0.2) is 43.1 Å². The molecular weight excluding hydrogens is 334 g/mol. The van der Waals surface area contributed by atoms with E-state index in [4.69, 9.17) is 0 Å². The van der Waals surface area contributed by atoms with Gasteiger partial charge in [-0.25, -0.2) is 4.98 Å². The second-order valence-corrected chi connectivity index (χ2v) is 6.10. The molecule has 0 aliphatic carbocycles. The number of hydrogen-bond donors (Lipinski definition) is 0. The number of halogens is 1. The van der Waals surface area contributed by atoms with Crippen molar-refractivity contribution in [3.8, 4) is 5.82 Å². The second-order valence-electron chi connectivity index (χ2n) is 5.24. The SMILES string of the molecule is CC1CCCCN1C(=O)c1cnc(-n2cnnc2)c(Br)c1. The van der Waals surface area contributed by atoms with Crippen LogP contribution in [0.1, 0.15) is 36.5 Å². The van der Waals surface area contributed by atoms with Gasteiger partial charge in [0.15, 0.2) is 5.82 Å². The molecule has 1 aliphatic heterocycles. The van der Waals surface area contributed by atoms with Gasteiger partial charge in [-0.15, -0.1) is 10.2 Å². The minimum Gasteiger partial charge on any atom is -0.336 e. The summed E-state index contributed by atoms with van der Waals surface area (Å²) in [6, 6.07) is 2.11. The van der Waals surface area contributed by atoms with Crippen LogP contribution in [0.4, 0.5) is 0 Å². The van der Waals surface area contributed by atoms with E-state index in [0.29, 0.717) is 17.4 Å². The summed E-state index contributed by atoms with van der Waals surface area (Å²) in [6.07, 6.45) is 8.09. The van der Waals surface area contributed by atoms with Crippen LogP contribution in [0, 0.1) is 0 Å². The first-order chi connectivity index (χ1) is 10.2. The largest absolute Gasteiger partial charge is 0.336 e. The Hall–Kier alpha value is -1.76. The number of amides is 1. The average Bonchev–Trinajstić information content (AvgIpc) is 3.01. The van der Waals surface area contributed by atoms with Gasteiger partial charge in [0.2, 0.25) is 0 Å². The Bertz CT molecular complexity index is 643. The summed E-state index contributed by atoms with van der Waals surface area (Å²) in [5, 5.41) is 7.52. The Kier molecular flexibility index (Phi) is 4.01. The third-order valence-corrected chi connectivity index (χ3v) is 4.38. The van der Waals surface area contributed by atoms with Crippen LogP contribution in [-0.2, 0) is 0 Å². The molecule has 6 nitrogen and oxygen atoms in total. The molecular formula is C14H16BrN5O. The highest BCUT2D eigenvalue weighted by Crippen LogP contribution is 2.23. The molecule has 110 valence electrons. The van der Waals surface area contributed by atoms with Crippen molar-refractivity contribution in [3.63, 3.8) is 0 Å². The van der Waals surface area contributed by atoms with Crippen molar-refractivity contribution in [2.45, 2.75) is 32.2 Å². The number of likely N-dealkylation sites (tertiary alicyclic amines) is 1. The Morgan fingerprint density at radius 2 is 2.10 bits per heavy atom. The minimum absolute atomic E-state index is 0.0470. The minimum atomic E-state index is 0.0470. The smallest absolute Gasteiger partial charge is 0.255 e. The van der Waals surface area contributed by atoms with Crippen molar-refractivity contribution in [3.05, 3.63) is 35.0 Å². The number of carbonyl (C=O) groups is 1. The monoisotopic (exact) mass is 349 g/mol. The van der Waals surface area contributed by atoms with Crippen LogP contribution >= 0.6 is 15.9 Å². The van der Waals surface area contributed by atoms with Crippen LogP contribution in [0.25, 0.3) is 5.82 Å². The van der Waals surface area contributed by atoms with Crippen LogP contribution in [0.15, 0.2) is 29.4 Å². The van der Waals surface area contributed by atoms with Crippen LogP contribution < -0.4 is 0 Å². The molecule has 0 radical (unpaired) electrons. The lowest BCUT2D eigenvalue weighted by atomic mass is 10.0. The van der Waals surface area contributed by atoms with Gasteiger partial charge in [0.25, 0.3) is 5.91 Å². The predicted octanol–water partition coefficient (Wildman–Crippen LogP) is 2.44. The van der Waals surface area contributed by atoms with E-state index < -0.39 is 0 Å². The number of nitrogens with zero attached hydrogens (tertiary/aromatic N) is 5. The van der Waals surface area contributed by atoms with Crippen molar-refractivity contribution in [1.29, 1.82) is 0 Å². The summed E-state index contributed by atoms with van der Waals surface area (Å²) in [6.45, 7) is 2.93. The van der Waals surface area contributed by atoms with Gasteiger partial charge >= 0.3 is 0 Å². The van der Waals surface area contributed by atoms with E-state index >= 15 is 0 Å². The predicted molar refractivity (Wildman–Crippen MR) is 81.2 cm³/mol. The van der Waals surface area contributed by atoms with Crippen LogP contribution in [0.2, 0.25) is 0 Å². The molecule has 2 aromatic rings. The zero-order valence-corrected chi connectivity index (χ0v) is 13.3. The maximum absolute atomic E-state index is 12.6. The lowest BCUT2D eigenvalue weighted by Crippen LogP contribution is -2.42. The maximum atomic E-state index is 12.6. The summed E-state index contributed by atoms with van der Waals surface area (Å²) >= 11 is 3.47. The summed E-state index contributed by atoms with van der Waals surface area (Å²) in [7, 11) is 0. The highest BCUT2D eigenvalue weighted by Gasteiger charge is 2.24. The molecule has 1 unspecified atom stereocenters. The molecule has 1 aliphatic rings. The van der Waals surface area contributed by atoms with Gasteiger partial charge < -0.3 is 4.90 Å². The fraction of sp³-hybridized carbons (Fsp3) is 0.429. The van der Waals surface area contributed by atoms with Gasteiger partial charge in [0.1, 0.15) is 12.7 Å². The molecule has 7 heteroatoms. The van der Waals surface area contributed by atoms with Gasteiger partial charge in [-0.1, -0.05) is 0 Å². The van der Waals surface area contributed by atoms with E-state index in [0.717, 1.165) is 23.9 Å². The van der Waals surface area contributed by atoms with Crippen molar-refractivity contribution in [2.24, 2.45) is 0 Å². The number of piperidine rings is 1. The first-order valence-corrected chi connectivity index (χ1v) is 7.77. The Morgan fingerprint density at radius 1 is 1.33 bits per heavy atom. The third kappa shape index (κ3) is 2.83. The highest BCUT2D eigenvalue weighted by atomic mass is 79.9. The summed E-state index contributed by atoms with van der Waals surface area (Å²) < 4.78 is 2.44. The van der Waals surface area contributed by atoms with E-state index in [9.17, 15) is 4.79 Å². The molecule has 3 heterocycles. The average molecular weight is 350 g/mol. The van der Waals surface area contributed by atoms with Crippen molar-refractivity contribution in [1.82, 2.24) is 24.6 Å². The van der Waals surface area contributed by atoms with Gasteiger partial charge in [0, 0.05) is 18.8 Å².